The van der Waals surface area contributed by atoms with Crippen molar-refractivity contribution in [3.05, 3.63) is 24.3 Å². The van der Waals surface area contributed by atoms with Crippen LogP contribution in [-0.2, 0) is 14.8 Å². The van der Waals surface area contributed by atoms with Gasteiger partial charge in [0, 0.05) is 0 Å². The lowest BCUT2D eigenvalue weighted by Crippen LogP contribution is -2.43. The van der Waals surface area contributed by atoms with Gasteiger partial charge in [-0.05, 0) is 31.5 Å². The van der Waals surface area contributed by atoms with Gasteiger partial charge < -0.3 is 10.6 Å². The zero-order chi connectivity index (χ0) is 13.9. The van der Waals surface area contributed by atoms with Crippen molar-refractivity contribution in [1.82, 2.24) is 5.32 Å². The highest BCUT2D eigenvalue weighted by Crippen LogP contribution is 2.20. The van der Waals surface area contributed by atoms with Crippen molar-refractivity contribution in [2.24, 2.45) is 5.14 Å². The zero-order valence-electron chi connectivity index (χ0n) is 10.4. The number of amides is 1. The van der Waals surface area contributed by atoms with Crippen molar-refractivity contribution in [1.29, 1.82) is 0 Å². The number of piperidine rings is 1. The molecule has 0 aliphatic carbocycles. The summed E-state index contributed by atoms with van der Waals surface area (Å²) in [4.78, 5) is 12.0. The molecular weight excluding hydrogens is 266 g/mol. The SMILES string of the molecule is NS(=O)(=O)c1ccccc1NC(=O)[C@@H]1CCCCN1. The minimum absolute atomic E-state index is 0.0702. The van der Waals surface area contributed by atoms with E-state index in [1.807, 2.05) is 0 Å². The fraction of sp³-hybridized carbons (Fsp3) is 0.417. The summed E-state index contributed by atoms with van der Waals surface area (Å²) in [5, 5.41) is 10.8. The molecule has 0 aromatic heterocycles. The van der Waals surface area contributed by atoms with Crippen molar-refractivity contribution >= 4 is 21.6 Å². The van der Waals surface area contributed by atoms with Crippen LogP contribution in [0, 0.1) is 0 Å². The third kappa shape index (κ3) is 3.52. The van der Waals surface area contributed by atoms with E-state index in [1.165, 1.54) is 12.1 Å². The van der Waals surface area contributed by atoms with Gasteiger partial charge in [-0.15, -0.1) is 0 Å². The molecule has 0 radical (unpaired) electrons. The lowest BCUT2D eigenvalue weighted by molar-refractivity contribution is -0.118. The van der Waals surface area contributed by atoms with Crippen LogP contribution in [0.5, 0.6) is 0 Å². The number of hydrogen-bond donors (Lipinski definition) is 3. The van der Waals surface area contributed by atoms with Gasteiger partial charge in [0.25, 0.3) is 0 Å². The quantitative estimate of drug-likeness (QED) is 0.748. The second-order valence-corrected chi connectivity index (χ2v) is 6.06. The van der Waals surface area contributed by atoms with Crippen molar-refractivity contribution < 1.29 is 13.2 Å². The molecule has 0 unspecified atom stereocenters. The monoisotopic (exact) mass is 283 g/mol. The van der Waals surface area contributed by atoms with Crippen molar-refractivity contribution in [2.75, 3.05) is 11.9 Å². The minimum atomic E-state index is -3.84. The standard InChI is InChI=1S/C12H17N3O3S/c13-19(17,18)11-7-2-1-5-9(11)15-12(16)10-6-3-4-8-14-10/h1-2,5,7,10,14H,3-4,6,8H2,(H,15,16)(H2,13,17,18)/t10-/m0/s1. The lowest BCUT2D eigenvalue weighted by Gasteiger charge is -2.22. The highest BCUT2D eigenvalue weighted by Gasteiger charge is 2.22. The van der Waals surface area contributed by atoms with Gasteiger partial charge in [-0.2, -0.15) is 0 Å². The van der Waals surface area contributed by atoms with Crippen LogP contribution >= 0.6 is 0 Å². The number of carbonyl (C=O) groups is 1. The molecule has 1 aliphatic rings. The molecule has 1 aromatic carbocycles. The maximum atomic E-state index is 12.0. The molecule has 1 saturated heterocycles. The maximum Gasteiger partial charge on any atom is 0.241 e. The van der Waals surface area contributed by atoms with Crippen LogP contribution in [0.2, 0.25) is 0 Å². The van der Waals surface area contributed by atoms with Crippen LogP contribution in [0.3, 0.4) is 0 Å². The Kier molecular flexibility index (Phi) is 4.18. The molecule has 1 aliphatic heterocycles. The summed E-state index contributed by atoms with van der Waals surface area (Å²) in [7, 11) is -3.84. The Morgan fingerprint density at radius 3 is 2.68 bits per heavy atom. The number of hydrogen-bond acceptors (Lipinski definition) is 4. The van der Waals surface area contributed by atoms with Crippen molar-refractivity contribution in [3.63, 3.8) is 0 Å². The highest BCUT2D eigenvalue weighted by molar-refractivity contribution is 7.89. The predicted octanol–water partition coefficient (Wildman–Crippen LogP) is 0.415. The summed E-state index contributed by atoms with van der Waals surface area (Å²) >= 11 is 0. The van der Waals surface area contributed by atoms with Crippen LogP contribution in [0.25, 0.3) is 0 Å². The summed E-state index contributed by atoms with van der Waals surface area (Å²) in [5.41, 5.74) is 0.224. The Balaban J connectivity index is 2.17. The molecule has 1 aromatic rings. The van der Waals surface area contributed by atoms with E-state index in [1.54, 1.807) is 12.1 Å². The smallest absolute Gasteiger partial charge is 0.241 e. The topological polar surface area (TPSA) is 101 Å². The molecule has 4 N–H and O–H groups in total. The van der Waals surface area contributed by atoms with Crippen LogP contribution in [0.4, 0.5) is 5.69 Å². The van der Waals surface area contributed by atoms with E-state index < -0.39 is 10.0 Å². The van der Waals surface area contributed by atoms with Gasteiger partial charge >= 0.3 is 0 Å². The average molecular weight is 283 g/mol. The van der Waals surface area contributed by atoms with Crippen LogP contribution < -0.4 is 15.8 Å². The van der Waals surface area contributed by atoms with Gasteiger partial charge in [0.15, 0.2) is 0 Å². The Morgan fingerprint density at radius 1 is 1.32 bits per heavy atom. The number of carbonyl (C=O) groups excluding carboxylic acids is 1. The number of anilines is 1. The normalized spacial score (nSPS) is 19.9. The summed E-state index contributed by atoms with van der Waals surface area (Å²) in [6.45, 7) is 0.801. The number of nitrogens with one attached hydrogen (secondary N) is 2. The number of para-hydroxylation sites is 1. The van der Waals surface area contributed by atoms with Gasteiger partial charge in [0.2, 0.25) is 15.9 Å². The molecule has 0 bridgehead atoms. The van der Waals surface area contributed by atoms with Gasteiger partial charge in [0.05, 0.1) is 11.7 Å². The molecule has 6 nitrogen and oxygen atoms in total. The summed E-state index contributed by atoms with van der Waals surface area (Å²) in [6.07, 6.45) is 2.79. The Hall–Kier alpha value is -1.44. The molecule has 7 heteroatoms. The Bertz CT molecular complexity index is 565. The maximum absolute atomic E-state index is 12.0. The first-order valence-corrected chi connectivity index (χ1v) is 7.69. The molecule has 104 valence electrons. The zero-order valence-corrected chi connectivity index (χ0v) is 11.2. The van der Waals surface area contributed by atoms with Crippen molar-refractivity contribution in [2.45, 2.75) is 30.2 Å². The molecule has 1 fully saturated rings. The number of sulfonamides is 1. The van der Waals surface area contributed by atoms with E-state index >= 15 is 0 Å². The first-order valence-electron chi connectivity index (χ1n) is 6.14. The first-order chi connectivity index (χ1) is 8.98. The molecular formula is C12H17N3O3S. The molecule has 0 spiro atoms. The van der Waals surface area contributed by atoms with E-state index in [0.29, 0.717) is 0 Å². The Morgan fingerprint density at radius 2 is 2.05 bits per heavy atom. The van der Waals surface area contributed by atoms with E-state index in [-0.39, 0.29) is 22.5 Å². The minimum Gasteiger partial charge on any atom is -0.324 e. The molecule has 1 amide bonds. The highest BCUT2D eigenvalue weighted by atomic mass is 32.2. The van der Waals surface area contributed by atoms with Crippen LogP contribution in [0.15, 0.2) is 29.2 Å². The largest absolute Gasteiger partial charge is 0.324 e. The number of primary sulfonamides is 1. The first kappa shape index (κ1) is 14.0. The summed E-state index contributed by atoms with van der Waals surface area (Å²) < 4.78 is 22.8. The van der Waals surface area contributed by atoms with Crippen LogP contribution in [0.1, 0.15) is 19.3 Å². The third-order valence-corrected chi connectivity index (χ3v) is 4.05. The van der Waals surface area contributed by atoms with Gasteiger partial charge in [0.1, 0.15) is 4.90 Å². The van der Waals surface area contributed by atoms with Crippen LogP contribution in [-0.4, -0.2) is 26.9 Å². The van der Waals surface area contributed by atoms with Gasteiger partial charge in [-0.25, -0.2) is 13.6 Å². The molecule has 19 heavy (non-hydrogen) atoms. The molecule has 1 atom stereocenters. The molecule has 2 rings (SSSR count). The molecule has 0 saturated carbocycles. The lowest BCUT2D eigenvalue weighted by atomic mass is 10.0. The Labute approximate surface area is 112 Å². The predicted molar refractivity (Wildman–Crippen MR) is 72.1 cm³/mol. The molecule has 1 heterocycles. The van der Waals surface area contributed by atoms with Crippen molar-refractivity contribution in [3.8, 4) is 0 Å². The third-order valence-electron chi connectivity index (χ3n) is 3.08. The van der Waals surface area contributed by atoms with E-state index in [0.717, 1.165) is 25.8 Å². The second-order valence-electron chi connectivity index (χ2n) is 4.53. The van der Waals surface area contributed by atoms with Gasteiger partial charge in [-0.3, -0.25) is 4.79 Å². The number of benzene rings is 1. The fourth-order valence-electron chi connectivity index (χ4n) is 2.11. The van der Waals surface area contributed by atoms with E-state index in [9.17, 15) is 13.2 Å². The van der Waals surface area contributed by atoms with E-state index in [4.69, 9.17) is 5.14 Å². The average Bonchev–Trinajstić information content (AvgIpc) is 2.39. The summed E-state index contributed by atoms with van der Waals surface area (Å²) in [6, 6.07) is 5.84. The second kappa shape index (κ2) is 5.68. The fourth-order valence-corrected chi connectivity index (χ4v) is 2.81. The van der Waals surface area contributed by atoms with E-state index in [2.05, 4.69) is 10.6 Å². The number of rotatable bonds is 3. The van der Waals surface area contributed by atoms with Gasteiger partial charge in [-0.1, -0.05) is 18.6 Å². The summed E-state index contributed by atoms with van der Waals surface area (Å²) in [5.74, 6) is -0.226. The number of nitrogens with two attached hydrogens (primary N) is 1.